The van der Waals surface area contributed by atoms with Crippen molar-refractivity contribution < 1.29 is 23.6 Å². The minimum Gasteiger partial charge on any atom is -0.477 e. The molecule has 7 nitrogen and oxygen atoms in total. The van der Waals surface area contributed by atoms with Gasteiger partial charge in [-0.2, -0.15) is 0 Å². The van der Waals surface area contributed by atoms with Gasteiger partial charge in [-0.15, -0.1) is 0 Å². The fraction of sp³-hybridized carbons (Fsp3) is 0.714. The summed E-state index contributed by atoms with van der Waals surface area (Å²) in [4.78, 5) is 18.1. The fourth-order valence-corrected chi connectivity index (χ4v) is 3.36. The lowest BCUT2D eigenvalue weighted by Gasteiger charge is -2.32. The summed E-state index contributed by atoms with van der Waals surface area (Å²) in [7, 11) is -0.420. The first kappa shape index (κ1) is 21.9. The Kier molecular flexibility index (Phi) is 6.43. The minimum atomic E-state index is -0.420. The molecule has 0 atom stereocenters. The Hall–Kier alpha value is -1.80. The van der Waals surface area contributed by atoms with Crippen molar-refractivity contribution in [1.29, 1.82) is 0 Å². The molecule has 1 aromatic heterocycles. The van der Waals surface area contributed by atoms with Crippen LogP contribution in [0.5, 0.6) is 5.88 Å². The summed E-state index contributed by atoms with van der Waals surface area (Å²) >= 11 is 0. The molecule has 0 N–H and O–H groups in total. The molecular formula is C21H33BN2O5. The molecule has 3 heterocycles. The van der Waals surface area contributed by atoms with E-state index in [1.807, 2.05) is 53.7 Å². The van der Waals surface area contributed by atoms with Gasteiger partial charge < -0.3 is 23.7 Å². The Labute approximate surface area is 174 Å². The van der Waals surface area contributed by atoms with Crippen LogP contribution < -0.4 is 10.2 Å². The normalized spacial score (nSPS) is 21.5. The zero-order valence-electron chi connectivity index (χ0n) is 18.4. The smallest absolute Gasteiger partial charge is 0.477 e. The van der Waals surface area contributed by atoms with E-state index in [2.05, 4.69) is 4.98 Å². The second-order valence-electron chi connectivity index (χ2n) is 9.19. The molecule has 2 fully saturated rings. The van der Waals surface area contributed by atoms with E-state index in [0.29, 0.717) is 31.5 Å². The molecule has 0 aromatic carbocycles. The summed E-state index contributed by atoms with van der Waals surface area (Å²) in [6.45, 7) is 13.9. The van der Waals surface area contributed by atoms with Gasteiger partial charge in [0.25, 0.3) is 0 Å². The molecule has 2 aliphatic heterocycles. The van der Waals surface area contributed by atoms with Gasteiger partial charge in [0.15, 0.2) is 0 Å². The van der Waals surface area contributed by atoms with E-state index in [-0.39, 0.29) is 23.4 Å². The van der Waals surface area contributed by atoms with Gasteiger partial charge in [0, 0.05) is 24.7 Å². The Morgan fingerprint density at radius 3 is 2.34 bits per heavy atom. The van der Waals surface area contributed by atoms with Crippen LogP contribution >= 0.6 is 0 Å². The maximum atomic E-state index is 12.0. The molecule has 0 saturated carbocycles. The van der Waals surface area contributed by atoms with Crippen LogP contribution in [0, 0.1) is 5.92 Å². The standard InChI is InChI=1S/C21H33BN2O5/c1-15(2)27-19(25)24-11-9-16(10-12-24)14-26-18-8-7-17(13-23-18)22-28-20(3,4)21(5,6)29-22/h7-8,13,15-16H,9-12,14H2,1-6H3. The molecule has 1 amide bonds. The molecular weight excluding hydrogens is 371 g/mol. The molecule has 0 aliphatic carbocycles. The molecule has 160 valence electrons. The monoisotopic (exact) mass is 404 g/mol. The first-order chi connectivity index (χ1) is 13.6. The summed E-state index contributed by atoms with van der Waals surface area (Å²) in [6.07, 6.45) is 3.24. The topological polar surface area (TPSA) is 70.1 Å². The van der Waals surface area contributed by atoms with Crippen LogP contribution in [0.25, 0.3) is 0 Å². The number of carbonyl (C=O) groups excluding carboxylic acids is 1. The average molecular weight is 404 g/mol. The van der Waals surface area contributed by atoms with E-state index < -0.39 is 7.12 Å². The largest absolute Gasteiger partial charge is 0.496 e. The van der Waals surface area contributed by atoms with Gasteiger partial charge in [-0.3, -0.25) is 0 Å². The lowest BCUT2D eigenvalue weighted by Crippen LogP contribution is -2.41. The quantitative estimate of drug-likeness (QED) is 0.703. The number of ether oxygens (including phenoxy) is 2. The second-order valence-corrected chi connectivity index (χ2v) is 9.19. The Bertz CT molecular complexity index is 684. The number of hydrogen-bond acceptors (Lipinski definition) is 6. The Morgan fingerprint density at radius 2 is 1.83 bits per heavy atom. The molecule has 0 unspecified atom stereocenters. The third kappa shape index (κ3) is 5.23. The van der Waals surface area contributed by atoms with Gasteiger partial charge in [0.2, 0.25) is 5.88 Å². The number of nitrogens with zero attached hydrogens (tertiary/aromatic N) is 2. The van der Waals surface area contributed by atoms with E-state index in [9.17, 15) is 4.79 Å². The van der Waals surface area contributed by atoms with Crippen LogP contribution in [0.2, 0.25) is 0 Å². The zero-order valence-corrected chi connectivity index (χ0v) is 18.4. The number of rotatable bonds is 5. The van der Waals surface area contributed by atoms with Crippen LogP contribution in [-0.4, -0.2) is 60.1 Å². The first-order valence-corrected chi connectivity index (χ1v) is 10.5. The SMILES string of the molecule is CC(C)OC(=O)N1CCC(COc2ccc(B3OC(C)(C)C(C)(C)O3)cn2)CC1. The summed E-state index contributed by atoms with van der Waals surface area (Å²) in [6, 6.07) is 3.80. The van der Waals surface area contributed by atoms with Gasteiger partial charge in [-0.05, 0) is 66.4 Å². The first-order valence-electron chi connectivity index (χ1n) is 10.5. The van der Waals surface area contributed by atoms with Gasteiger partial charge in [-0.25, -0.2) is 9.78 Å². The molecule has 2 saturated heterocycles. The van der Waals surface area contributed by atoms with Crippen molar-refractivity contribution in [2.24, 2.45) is 5.92 Å². The van der Waals surface area contributed by atoms with Gasteiger partial charge in [0.05, 0.1) is 23.9 Å². The van der Waals surface area contributed by atoms with Crippen LogP contribution in [-0.2, 0) is 14.0 Å². The van der Waals surface area contributed by atoms with Crippen molar-refractivity contribution in [3.8, 4) is 5.88 Å². The maximum absolute atomic E-state index is 12.0. The summed E-state index contributed by atoms with van der Waals surface area (Å²) in [5, 5.41) is 0. The fourth-order valence-electron chi connectivity index (χ4n) is 3.36. The summed E-state index contributed by atoms with van der Waals surface area (Å²) < 4.78 is 23.2. The lowest BCUT2D eigenvalue weighted by molar-refractivity contribution is 0.00578. The predicted octanol–water partition coefficient (Wildman–Crippen LogP) is 3.02. The molecule has 8 heteroatoms. The zero-order chi connectivity index (χ0) is 21.2. The number of aromatic nitrogens is 1. The summed E-state index contributed by atoms with van der Waals surface area (Å²) in [5.74, 6) is 0.995. The van der Waals surface area contributed by atoms with Gasteiger partial charge in [-0.1, -0.05) is 6.07 Å². The van der Waals surface area contributed by atoms with Crippen molar-refractivity contribution in [2.45, 2.75) is 71.7 Å². The second kappa shape index (κ2) is 8.52. The van der Waals surface area contributed by atoms with Crippen molar-refractivity contribution in [2.75, 3.05) is 19.7 Å². The summed E-state index contributed by atoms with van der Waals surface area (Å²) in [5.41, 5.74) is 0.139. The highest BCUT2D eigenvalue weighted by molar-refractivity contribution is 6.62. The van der Waals surface area contributed by atoms with Crippen molar-refractivity contribution in [3.05, 3.63) is 18.3 Å². The molecule has 0 spiro atoms. The molecule has 29 heavy (non-hydrogen) atoms. The van der Waals surface area contributed by atoms with E-state index in [4.69, 9.17) is 18.8 Å². The number of pyridine rings is 1. The Morgan fingerprint density at radius 1 is 1.21 bits per heavy atom. The molecule has 0 radical (unpaired) electrons. The third-order valence-electron chi connectivity index (χ3n) is 5.96. The number of piperidine rings is 1. The van der Waals surface area contributed by atoms with E-state index in [1.54, 1.807) is 11.1 Å². The van der Waals surface area contributed by atoms with Crippen molar-refractivity contribution >= 4 is 18.7 Å². The van der Waals surface area contributed by atoms with Crippen LogP contribution in [0.4, 0.5) is 4.79 Å². The molecule has 2 aliphatic rings. The van der Waals surface area contributed by atoms with Crippen LogP contribution in [0.1, 0.15) is 54.4 Å². The predicted molar refractivity (Wildman–Crippen MR) is 111 cm³/mol. The van der Waals surface area contributed by atoms with E-state index >= 15 is 0 Å². The number of carbonyl (C=O) groups is 1. The highest BCUT2D eigenvalue weighted by Crippen LogP contribution is 2.36. The average Bonchev–Trinajstić information content (AvgIpc) is 2.87. The van der Waals surface area contributed by atoms with E-state index in [0.717, 1.165) is 18.3 Å². The number of hydrogen-bond donors (Lipinski definition) is 0. The van der Waals surface area contributed by atoms with Crippen molar-refractivity contribution in [3.63, 3.8) is 0 Å². The highest BCUT2D eigenvalue weighted by atomic mass is 16.7. The molecule has 0 bridgehead atoms. The Balaban J connectivity index is 1.45. The highest BCUT2D eigenvalue weighted by Gasteiger charge is 2.51. The molecule has 1 aromatic rings. The minimum absolute atomic E-state index is 0.0882. The van der Waals surface area contributed by atoms with Gasteiger partial charge in [0.1, 0.15) is 0 Å². The number of amides is 1. The third-order valence-corrected chi connectivity index (χ3v) is 5.96. The van der Waals surface area contributed by atoms with Crippen LogP contribution in [0.3, 0.4) is 0 Å². The van der Waals surface area contributed by atoms with E-state index in [1.165, 1.54) is 0 Å². The number of likely N-dealkylation sites (tertiary alicyclic amines) is 1. The van der Waals surface area contributed by atoms with Crippen molar-refractivity contribution in [1.82, 2.24) is 9.88 Å². The molecule has 3 rings (SSSR count). The maximum Gasteiger partial charge on any atom is 0.496 e. The lowest BCUT2D eigenvalue weighted by atomic mass is 9.80. The van der Waals surface area contributed by atoms with Gasteiger partial charge >= 0.3 is 13.2 Å². The van der Waals surface area contributed by atoms with Crippen LogP contribution in [0.15, 0.2) is 18.3 Å².